The Kier molecular flexibility index (Phi) is 4.59. The van der Waals surface area contributed by atoms with E-state index in [-0.39, 0.29) is 12.1 Å². The molecule has 2 amide bonds. The third-order valence-corrected chi connectivity index (χ3v) is 3.45. The van der Waals surface area contributed by atoms with E-state index in [1.54, 1.807) is 0 Å². The Balaban J connectivity index is 1.87. The first-order chi connectivity index (χ1) is 8.81. The van der Waals surface area contributed by atoms with E-state index in [1.165, 1.54) is 6.42 Å². The number of hydrogen-bond acceptors (Lipinski definition) is 2. The van der Waals surface area contributed by atoms with Gasteiger partial charge in [-0.3, -0.25) is 0 Å². The Morgan fingerprint density at radius 2 is 2.11 bits per heavy atom. The fourth-order valence-electron chi connectivity index (χ4n) is 2.39. The van der Waals surface area contributed by atoms with Gasteiger partial charge in [0.2, 0.25) is 0 Å². The Morgan fingerprint density at radius 3 is 2.83 bits per heavy atom. The number of carbonyl (C=O) groups is 1. The predicted octanol–water partition coefficient (Wildman–Crippen LogP) is 1.71. The van der Waals surface area contributed by atoms with Crippen molar-refractivity contribution >= 4 is 6.03 Å². The third-order valence-electron chi connectivity index (χ3n) is 3.45. The smallest absolute Gasteiger partial charge is 0.317 e. The molecule has 0 bridgehead atoms. The number of benzene rings is 1. The van der Waals surface area contributed by atoms with E-state index in [1.807, 2.05) is 35.2 Å². The summed E-state index contributed by atoms with van der Waals surface area (Å²) in [4.78, 5) is 14.0. The molecule has 1 unspecified atom stereocenters. The summed E-state index contributed by atoms with van der Waals surface area (Å²) in [5.41, 5.74) is 6.83. The summed E-state index contributed by atoms with van der Waals surface area (Å²) in [5.74, 6) is 0. The highest BCUT2D eigenvalue weighted by Crippen LogP contribution is 2.16. The van der Waals surface area contributed by atoms with Crippen molar-refractivity contribution in [1.82, 2.24) is 10.2 Å². The van der Waals surface area contributed by atoms with Crippen molar-refractivity contribution in [2.75, 3.05) is 13.1 Å². The molecular formula is C14H21N3O. The molecule has 98 valence electrons. The van der Waals surface area contributed by atoms with Gasteiger partial charge < -0.3 is 16.0 Å². The standard InChI is InChI=1S/C14H21N3O/c15-10-13-8-4-5-9-17(13)14(18)16-11-12-6-2-1-3-7-12/h1-3,6-7,13H,4-5,8-11,15H2,(H,16,18). The number of piperidine rings is 1. The van der Waals surface area contributed by atoms with Crippen LogP contribution in [0.1, 0.15) is 24.8 Å². The average Bonchev–Trinajstić information content (AvgIpc) is 2.45. The van der Waals surface area contributed by atoms with Crippen LogP contribution in [0.3, 0.4) is 0 Å². The molecule has 0 saturated carbocycles. The predicted molar refractivity (Wildman–Crippen MR) is 72.1 cm³/mol. The molecule has 4 nitrogen and oxygen atoms in total. The highest BCUT2D eigenvalue weighted by atomic mass is 16.2. The molecule has 1 atom stereocenters. The Morgan fingerprint density at radius 1 is 1.33 bits per heavy atom. The quantitative estimate of drug-likeness (QED) is 0.854. The summed E-state index contributed by atoms with van der Waals surface area (Å²) in [7, 11) is 0. The molecule has 1 aromatic carbocycles. The zero-order chi connectivity index (χ0) is 12.8. The number of hydrogen-bond donors (Lipinski definition) is 2. The van der Waals surface area contributed by atoms with Crippen molar-refractivity contribution in [2.45, 2.75) is 31.8 Å². The monoisotopic (exact) mass is 247 g/mol. The van der Waals surface area contributed by atoms with Crippen LogP contribution in [0.25, 0.3) is 0 Å². The fourth-order valence-corrected chi connectivity index (χ4v) is 2.39. The van der Waals surface area contributed by atoms with Gasteiger partial charge in [0.05, 0.1) is 0 Å². The van der Waals surface area contributed by atoms with Crippen LogP contribution in [0.15, 0.2) is 30.3 Å². The summed E-state index contributed by atoms with van der Waals surface area (Å²) >= 11 is 0. The average molecular weight is 247 g/mol. The number of nitrogens with one attached hydrogen (secondary N) is 1. The normalized spacial score (nSPS) is 19.6. The minimum Gasteiger partial charge on any atom is -0.334 e. The summed E-state index contributed by atoms with van der Waals surface area (Å²) < 4.78 is 0. The zero-order valence-electron chi connectivity index (χ0n) is 10.6. The molecule has 1 heterocycles. The number of carbonyl (C=O) groups excluding carboxylic acids is 1. The van der Waals surface area contributed by atoms with Crippen LogP contribution in [-0.4, -0.2) is 30.1 Å². The van der Waals surface area contributed by atoms with Crippen molar-refractivity contribution in [2.24, 2.45) is 5.73 Å². The highest BCUT2D eigenvalue weighted by molar-refractivity contribution is 5.74. The highest BCUT2D eigenvalue weighted by Gasteiger charge is 2.25. The van der Waals surface area contributed by atoms with E-state index < -0.39 is 0 Å². The lowest BCUT2D eigenvalue weighted by Gasteiger charge is -2.35. The van der Waals surface area contributed by atoms with Crippen LogP contribution in [0.4, 0.5) is 4.79 Å². The van der Waals surface area contributed by atoms with E-state index in [4.69, 9.17) is 5.73 Å². The third kappa shape index (κ3) is 3.23. The van der Waals surface area contributed by atoms with Gasteiger partial charge in [0.25, 0.3) is 0 Å². The van der Waals surface area contributed by atoms with Gasteiger partial charge in [0.1, 0.15) is 0 Å². The molecule has 1 fully saturated rings. The molecule has 3 N–H and O–H groups in total. The van der Waals surface area contributed by atoms with Crippen molar-refractivity contribution in [3.8, 4) is 0 Å². The van der Waals surface area contributed by atoms with Crippen LogP contribution in [0, 0.1) is 0 Å². The minimum absolute atomic E-state index is 0.00834. The van der Waals surface area contributed by atoms with E-state index in [0.29, 0.717) is 13.1 Å². The molecule has 2 rings (SSSR count). The number of nitrogens with two attached hydrogens (primary N) is 1. The largest absolute Gasteiger partial charge is 0.334 e. The summed E-state index contributed by atoms with van der Waals surface area (Å²) in [5, 5.41) is 2.96. The Labute approximate surface area is 108 Å². The van der Waals surface area contributed by atoms with Gasteiger partial charge in [-0.25, -0.2) is 4.79 Å². The summed E-state index contributed by atoms with van der Waals surface area (Å²) in [6.45, 7) is 1.95. The van der Waals surface area contributed by atoms with Crippen LogP contribution < -0.4 is 11.1 Å². The van der Waals surface area contributed by atoms with Gasteiger partial charge in [-0.15, -0.1) is 0 Å². The molecule has 4 heteroatoms. The van der Waals surface area contributed by atoms with Gasteiger partial charge in [0.15, 0.2) is 0 Å². The molecule has 0 spiro atoms. The molecule has 18 heavy (non-hydrogen) atoms. The van der Waals surface area contributed by atoms with Crippen LogP contribution >= 0.6 is 0 Å². The summed E-state index contributed by atoms with van der Waals surface area (Å²) in [6.07, 6.45) is 3.27. The molecule has 1 aromatic rings. The maximum Gasteiger partial charge on any atom is 0.317 e. The first-order valence-corrected chi connectivity index (χ1v) is 6.59. The van der Waals surface area contributed by atoms with Gasteiger partial charge >= 0.3 is 6.03 Å². The molecule has 0 radical (unpaired) electrons. The lowest BCUT2D eigenvalue weighted by molar-refractivity contribution is 0.153. The van der Waals surface area contributed by atoms with Gasteiger partial charge in [0, 0.05) is 25.7 Å². The van der Waals surface area contributed by atoms with E-state index in [9.17, 15) is 4.79 Å². The number of amides is 2. The first kappa shape index (κ1) is 12.9. The van der Waals surface area contributed by atoms with Gasteiger partial charge in [-0.2, -0.15) is 0 Å². The molecule has 0 aliphatic carbocycles. The van der Waals surface area contributed by atoms with Crippen molar-refractivity contribution in [3.05, 3.63) is 35.9 Å². The Bertz CT molecular complexity index is 380. The molecule has 1 saturated heterocycles. The second-order valence-electron chi connectivity index (χ2n) is 4.72. The Hall–Kier alpha value is -1.55. The topological polar surface area (TPSA) is 58.4 Å². The van der Waals surface area contributed by atoms with Crippen LogP contribution in [0.5, 0.6) is 0 Å². The van der Waals surface area contributed by atoms with E-state index >= 15 is 0 Å². The van der Waals surface area contributed by atoms with Crippen LogP contribution in [-0.2, 0) is 6.54 Å². The minimum atomic E-state index is 0.00834. The second kappa shape index (κ2) is 6.40. The second-order valence-corrected chi connectivity index (χ2v) is 4.72. The number of nitrogens with zero attached hydrogens (tertiary/aromatic N) is 1. The van der Waals surface area contributed by atoms with Gasteiger partial charge in [-0.1, -0.05) is 30.3 Å². The van der Waals surface area contributed by atoms with Crippen molar-refractivity contribution in [3.63, 3.8) is 0 Å². The van der Waals surface area contributed by atoms with E-state index in [0.717, 1.165) is 24.9 Å². The lowest BCUT2D eigenvalue weighted by Crippen LogP contribution is -2.51. The molecular weight excluding hydrogens is 226 g/mol. The number of urea groups is 1. The summed E-state index contributed by atoms with van der Waals surface area (Å²) in [6, 6.07) is 10.2. The maximum absolute atomic E-state index is 12.1. The van der Waals surface area contributed by atoms with Crippen LogP contribution in [0.2, 0.25) is 0 Å². The maximum atomic E-state index is 12.1. The molecule has 1 aliphatic heterocycles. The van der Waals surface area contributed by atoms with E-state index in [2.05, 4.69) is 5.32 Å². The fraction of sp³-hybridized carbons (Fsp3) is 0.500. The number of likely N-dealkylation sites (tertiary alicyclic amines) is 1. The van der Waals surface area contributed by atoms with Crippen molar-refractivity contribution < 1.29 is 4.79 Å². The molecule has 1 aliphatic rings. The van der Waals surface area contributed by atoms with Crippen molar-refractivity contribution in [1.29, 1.82) is 0 Å². The number of rotatable bonds is 3. The SMILES string of the molecule is NCC1CCCCN1C(=O)NCc1ccccc1. The molecule has 0 aromatic heterocycles. The zero-order valence-corrected chi connectivity index (χ0v) is 10.6. The lowest BCUT2D eigenvalue weighted by atomic mass is 10.0. The van der Waals surface area contributed by atoms with Gasteiger partial charge in [-0.05, 0) is 24.8 Å². The first-order valence-electron chi connectivity index (χ1n) is 6.59.